The molecule has 0 amide bonds. The zero-order valence-electron chi connectivity index (χ0n) is 12.5. The first kappa shape index (κ1) is 16.5. The van der Waals surface area contributed by atoms with Gasteiger partial charge < -0.3 is 14.8 Å². The Morgan fingerprint density at radius 3 is 2.95 bits per heavy atom. The standard InChI is InChI=1S/C14H22BrN3O3/c1-10(11-3-6-21-7-4-11)17-12-9-16-18(5-8-20-2)14(19)13(12)15/h9-11,17H,3-8H2,1-2H3. The van der Waals surface area contributed by atoms with Gasteiger partial charge >= 0.3 is 0 Å². The molecule has 1 aromatic heterocycles. The second kappa shape index (κ2) is 7.91. The van der Waals surface area contributed by atoms with Crippen LogP contribution < -0.4 is 10.9 Å². The summed E-state index contributed by atoms with van der Waals surface area (Å²) < 4.78 is 12.3. The Balaban J connectivity index is 2.06. The van der Waals surface area contributed by atoms with Crippen LogP contribution in [0.4, 0.5) is 5.69 Å². The van der Waals surface area contributed by atoms with E-state index in [1.54, 1.807) is 13.3 Å². The van der Waals surface area contributed by atoms with E-state index in [0.29, 0.717) is 23.5 Å². The molecule has 1 atom stereocenters. The summed E-state index contributed by atoms with van der Waals surface area (Å²) in [5, 5.41) is 7.58. The van der Waals surface area contributed by atoms with Crippen LogP contribution in [0.25, 0.3) is 0 Å². The van der Waals surface area contributed by atoms with Crippen molar-refractivity contribution in [2.24, 2.45) is 5.92 Å². The molecule has 1 fully saturated rings. The molecule has 2 rings (SSSR count). The van der Waals surface area contributed by atoms with Crippen molar-refractivity contribution >= 4 is 21.6 Å². The molecule has 0 spiro atoms. The summed E-state index contributed by atoms with van der Waals surface area (Å²) in [6.07, 6.45) is 3.78. The van der Waals surface area contributed by atoms with Gasteiger partial charge in [0.05, 0.1) is 25.0 Å². The third kappa shape index (κ3) is 4.28. The van der Waals surface area contributed by atoms with Gasteiger partial charge in [-0.3, -0.25) is 4.79 Å². The zero-order chi connectivity index (χ0) is 15.2. The number of anilines is 1. The lowest BCUT2D eigenvalue weighted by Gasteiger charge is -2.29. The molecule has 21 heavy (non-hydrogen) atoms. The molecule has 1 saturated heterocycles. The SMILES string of the molecule is COCCn1ncc(NC(C)C2CCOCC2)c(Br)c1=O. The highest BCUT2D eigenvalue weighted by atomic mass is 79.9. The van der Waals surface area contributed by atoms with Gasteiger partial charge in [0, 0.05) is 26.4 Å². The van der Waals surface area contributed by atoms with E-state index in [1.165, 1.54) is 4.68 Å². The normalized spacial score (nSPS) is 17.7. The van der Waals surface area contributed by atoms with Gasteiger partial charge in [0.2, 0.25) is 0 Å². The summed E-state index contributed by atoms with van der Waals surface area (Å²) in [5.74, 6) is 0.557. The van der Waals surface area contributed by atoms with E-state index >= 15 is 0 Å². The van der Waals surface area contributed by atoms with E-state index in [2.05, 4.69) is 33.3 Å². The van der Waals surface area contributed by atoms with Crippen LogP contribution in [-0.2, 0) is 16.0 Å². The first-order valence-electron chi connectivity index (χ1n) is 7.22. The highest BCUT2D eigenvalue weighted by Crippen LogP contribution is 2.24. The Morgan fingerprint density at radius 1 is 1.57 bits per heavy atom. The van der Waals surface area contributed by atoms with Gasteiger partial charge in [-0.15, -0.1) is 0 Å². The fourth-order valence-corrected chi connectivity index (χ4v) is 2.90. The van der Waals surface area contributed by atoms with Crippen LogP contribution in [0.3, 0.4) is 0 Å². The zero-order valence-corrected chi connectivity index (χ0v) is 14.1. The van der Waals surface area contributed by atoms with Crippen molar-refractivity contribution in [3.05, 3.63) is 21.0 Å². The molecule has 7 heteroatoms. The molecule has 0 bridgehead atoms. The Morgan fingerprint density at radius 2 is 2.29 bits per heavy atom. The van der Waals surface area contributed by atoms with E-state index in [4.69, 9.17) is 9.47 Å². The molecule has 0 aromatic carbocycles. The minimum absolute atomic E-state index is 0.142. The Bertz CT molecular complexity index is 515. The van der Waals surface area contributed by atoms with Crippen molar-refractivity contribution in [3.8, 4) is 0 Å². The number of aromatic nitrogens is 2. The molecule has 2 heterocycles. The third-order valence-electron chi connectivity index (χ3n) is 3.85. The van der Waals surface area contributed by atoms with Crippen molar-refractivity contribution < 1.29 is 9.47 Å². The van der Waals surface area contributed by atoms with Crippen LogP contribution >= 0.6 is 15.9 Å². The largest absolute Gasteiger partial charge is 0.383 e. The fraction of sp³-hybridized carbons (Fsp3) is 0.714. The quantitative estimate of drug-likeness (QED) is 0.839. The van der Waals surface area contributed by atoms with Gasteiger partial charge in [0.25, 0.3) is 5.56 Å². The maximum Gasteiger partial charge on any atom is 0.283 e. The Labute approximate surface area is 132 Å². The Kier molecular flexibility index (Phi) is 6.20. The van der Waals surface area contributed by atoms with E-state index in [1.807, 2.05) is 0 Å². The van der Waals surface area contributed by atoms with E-state index in [0.717, 1.165) is 31.7 Å². The average molecular weight is 360 g/mol. The van der Waals surface area contributed by atoms with Gasteiger partial charge in [-0.2, -0.15) is 5.10 Å². The highest BCUT2D eigenvalue weighted by molar-refractivity contribution is 9.10. The highest BCUT2D eigenvalue weighted by Gasteiger charge is 2.21. The number of hydrogen-bond donors (Lipinski definition) is 1. The number of nitrogens with one attached hydrogen (secondary N) is 1. The Hall–Kier alpha value is -0.920. The van der Waals surface area contributed by atoms with E-state index in [-0.39, 0.29) is 11.6 Å². The summed E-state index contributed by atoms with van der Waals surface area (Å²) in [7, 11) is 1.60. The maximum atomic E-state index is 12.2. The molecule has 1 aromatic rings. The topological polar surface area (TPSA) is 65.4 Å². The summed E-state index contributed by atoms with van der Waals surface area (Å²) in [6, 6.07) is 0.279. The second-order valence-electron chi connectivity index (χ2n) is 5.28. The van der Waals surface area contributed by atoms with Crippen molar-refractivity contribution in [2.45, 2.75) is 32.4 Å². The molecule has 0 aliphatic carbocycles. The molecule has 0 saturated carbocycles. The number of halogens is 1. The lowest BCUT2D eigenvalue weighted by molar-refractivity contribution is 0.0622. The van der Waals surface area contributed by atoms with E-state index in [9.17, 15) is 4.79 Å². The first-order chi connectivity index (χ1) is 10.1. The van der Waals surface area contributed by atoms with Crippen molar-refractivity contribution in [1.82, 2.24) is 9.78 Å². The smallest absolute Gasteiger partial charge is 0.283 e. The predicted molar refractivity (Wildman–Crippen MR) is 84.7 cm³/mol. The van der Waals surface area contributed by atoms with Gasteiger partial charge in [-0.1, -0.05) is 0 Å². The number of hydrogen-bond acceptors (Lipinski definition) is 5. The van der Waals surface area contributed by atoms with Crippen LogP contribution in [0.1, 0.15) is 19.8 Å². The monoisotopic (exact) mass is 359 g/mol. The molecular weight excluding hydrogens is 338 g/mol. The first-order valence-corrected chi connectivity index (χ1v) is 8.01. The van der Waals surface area contributed by atoms with Gasteiger partial charge in [-0.05, 0) is 41.6 Å². The fourth-order valence-electron chi connectivity index (χ4n) is 2.48. The van der Waals surface area contributed by atoms with Crippen LogP contribution in [0.5, 0.6) is 0 Å². The van der Waals surface area contributed by atoms with Crippen molar-refractivity contribution in [1.29, 1.82) is 0 Å². The predicted octanol–water partition coefficient (Wildman–Crippen LogP) is 1.88. The van der Waals surface area contributed by atoms with Crippen LogP contribution in [0, 0.1) is 5.92 Å². The number of methoxy groups -OCH3 is 1. The minimum Gasteiger partial charge on any atom is -0.383 e. The number of ether oxygens (including phenoxy) is 2. The van der Waals surface area contributed by atoms with Gasteiger partial charge in [-0.25, -0.2) is 4.68 Å². The minimum atomic E-state index is -0.142. The van der Waals surface area contributed by atoms with Gasteiger partial charge in [0.15, 0.2) is 0 Å². The van der Waals surface area contributed by atoms with Gasteiger partial charge in [0.1, 0.15) is 4.47 Å². The molecule has 1 N–H and O–H groups in total. The van der Waals surface area contributed by atoms with Crippen LogP contribution in [0.2, 0.25) is 0 Å². The molecule has 1 aliphatic heterocycles. The molecule has 0 radical (unpaired) electrons. The number of rotatable bonds is 6. The molecular formula is C14H22BrN3O3. The second-order valence-corrected chi connectivity index (χ2v) is 6.07. The van der Waals surface area contributed by atoms with Crippen molar-refractivity contribution in [2.75, 3.05) is 32.2 Å². The van der Waals surface area contributed by atoms with Crippen LogP contribution in [0.15, 0.2) is 15.5 Å². The summed E-state index contributed by atoms with van der Waals surface area (Å²) in [5.41, 5.74) is 0.601. The summed E-state index contributed by atoms with van der Waals surface area (Å²) >= 11 is 3.37. The molecule has 1 aliphatic rings. The average Bonchev–Trinajstić information content (AvgIpc) is 2.52. The van der Waals surface area contributed by atoms with Crippen LogP contribution in [-0.4, -0.2) is 42.8 Å². The summed E-state index contributed by atoms with van der Waals surface area (Å²) in [4.78, 5) is 12.2. The molecule has 6 nitrogen and oxygen atoms in total. The number of nitrogens with zero attached hydrogens (tertiary/aromatic N) is 2. The third-order valence-corrected chi connectivity index (χ3v) is 4.61. The lowest BCUT2D eigenvalue weighted by atomic mass is 9.93. The maximum absolute atomic E-state index is 12.2. The molecule has 118 valence electrons. The summed E-state index contributed by atoms with van der Waals surface area (Å²) in [6.45, 7) is 4.68. The lowest BCUT2D eigenvalue weighted by Crippen LogP contribution is -2.32. The van der Waals surface area contributed by atoms with Crippen molar-refractivity contribution in [3.63, 3.8) is 0 Å². The van der Waals surface area contributed by atoms with E-state index < -0.39 is 0 Å². The molecule has 1 unspecified atom stereocenters.